The van der Waals surface area contributed by atoms with Gasteiger partial charge >= 0.3 is 6.09 Å². The van der Waals surface area contributed by atoms with Crippen LogP contribution >= 0.6 is 27.5 Å². The fourth-order valence-corrected chi connectivity index (χ4v) is 3.14. The van der Waals surface area contributed by atoms with Crippen LogP contribution in [0.2, 0.25) is 5.02 Å². The summed E-state index contributed by atoms with van der Waals surface area (Å²) in [4.78, 5) is 13.8. The molecule has 0 atom stereocenters. The number of nitrogens with zero attached hydrogens (tertiary/aromatic N) is 1. The Hall–Kier alpha value is -0.940. The van der Waals surface area contributed by atoms with Crippen LogP contribution in [0.3, 0.4) is 0 Å². The lowest BCUT2D eigenvalue weighted by Gasteiger charge is -2.33. The Labute approximate surface area is 151 Å². The maximum atomic E-state index is 12.0. The van der Waals surface area contributed by atoms with Crippen LogP contribution in [0.15, 0.2) is 22.7 Å². The van der Waals surface area contributed by atoms with E-state index in [4.69, 9.17) is 21.1 Å². The Kier molecular flexibility index (Phi) is 6.20. The number of benzene rings is 1. The predicted octanol–water partition coefficient (Wildman–Crippen LogP) is 5.13. The molecule has 1 heterocycles. The molecule has 0 radical (unpaired) electrons. The van der Waals surface area contributed by atoms with Gasteiger partial charge in [-0.3, -0.25) is 0 Å². The maximum Gasteiger partial charge on any atom is 0.410 e. The number of hydrogen-bond donors (Lipinski definition) is 0. The van der Waals surface area contributed by atoms with Crippen molar-refractivity contribution >= 4 is 33.6 Å². The van der Waals surface area contributed by atoms with Crippen LogP contribution in [0.1, 0.15) is 33.6 Å². The summed E-state index contributed by atoms with van der Waals surface area (Å²) >= 11 is 9.52. The highest BCUT2D eigenvalue weighted by atomic mass is 79.9. The molecular weight excluding hydrogens is 382 g/mol. The first-order valence-corrected chi connectivity index (χ1v) is 8.97. The average Bonchev–Trinajstić information content (AvgIpc) is 2.45. The van der Waals surface area contributed by atoms with Gasteiger partial charge in [0.2, 0.25) is 0 Å². The van der Waals surface area contributed by atoms with Crippen LogP contribution < -0.4 is 4.74 Å². The third-order valence-corrected chi connectivity index (χ3v) is 4.42. The molecule has 0 unspecified atom stereocenters. The fraction of sp³-hybridized carbons (Fsp3) is 0.588. The van der Waals surface area contributed by atoms with E-state index in [1.54, 1.807) is 4.90 Å². The van der Waals surface area contributed by atoms with Gasteiger partial charge in [-0.15, -0.1) is 0 Å². The summed E-state index contributed by atoms with van der Waals surface area (Å²) in [5, 5.41) is 0.602. The van der Waals surface area contributed by atoms with Crippen molar-refractivity contribution in [2.24, 2.45) is 5.92 Å². The predicted molar refractivity (Wildman–Crippen MR) is 95.2 cm³/mol. The van der Waals surface area contributed by atoms with Gasteiger partial charge in [0.05, 0.1) is 11.6 Å². The zero-order valence-corrected chi connectivity index (χ0v) is 16.1. The van der Waals surface area contributed by atoms with Crippen molar-refractivity contribution in [3.05, 3.63) is 27.7 Å². The Balaban J connectivity index is 1.77. The second kappa shape index (κ2) is 7.75. The average molecular weight is 405 g/mol. The zero-order chi connectivity index (χ0) is 17.0. The Bertz CT molecular complexity index is 551. The number of ether oxygens (including phenoxy) is 2. The van der Waals surface area contributed by atoms with Gasteiger partial charge in [-0.2, -0.15) is 0 Å². The van der Waals surface area contributed by atoms with Crippen molar-refractivity contribution in [3.8, 4) is 5.75 Å². The first-order chi connectivity index (χ1) is 10.7. The Morgan fingerprint density at radius 2 is 2.00 bits per heavy atom. The van der Waals surface area contributed by atoms with Crippen LogP contribution in [-0.4, -0.2) is 36.3 Å². The standard InChI is InChI=1S/C17H23BrClNO3/c1-17(2,3)23-16(21)20-8-6-12(7-9-20)11-22-15-5-4-13(18)10-14(15)19/h4-5,10,12H,6-9,11H2,1-3H3. The molecule has 2 rings (SSSR count). The third kappa shape index (κ3) is 5.88. The van der Waals surface area contributed by atoms with Crippen molar-refractivity contribution in [1.29, 1.82) is 0 Å². The summed E-state index contributed by atoms with van der Waals surface area (Å²) in [6.45, 7) is 7.67. The smallest absolute Gasteiger partial charge is 0.410 e. The number of amides is 1. The largest absolute Gasteiger partial charge is 0.492 e. The van der Waals surface area contributed by atoms with Crippen LogP contribution in [0.25, 0.3) is 0 Å². The van der Waals surface area contributed by atoms with E-state index in [2.05, 4.69) is 15.9 Å². The molecule has 0 bridgehead atoms. The number of carbonyl (C=O) groups excluding carboxylic acids is 1. The minimum absolute atomic E-state index is 0.229. The molecule has 128 valence electrons. The second-order valence-corrected chi connectivity index (χ2v) is 8.12. The molecular formula is C17H23BrClNO3. The van der Waals surface area contributed by atoms with Crippen LogP contribution in [-0.2, 0) is 4.74 Å². The number of piperidine rings is 1. The molecule has 1 amide bonds. The molecule has 0 saturated carbocycles. The quantitative estimate of drug-likeness (QED) is 0.701. The minimum atomic E-state index is -0.449. The van der Waals surface area contributed by atoms with Gasteiger partial charge in [0.15, 0.2) is 0 Å². The summed E-state index contributed by atoms with van der Waals surface area (Å²) in [5.41, 5.74) is -0.449. The number of likely N-dealkylation sites (tertiary alicyclic amines) is 1. The minimum Gasteiger partial charge on any atom is -0.492 e. The van der Waals surface area contributed by atoms with Gasteiger partial charge in [0.25, 0.3) is 0 Å². The van der Waals surface area contributed by atoms with E-state index < -0.39 is 5.60 Å². The monoisotopic (exact) mass is 403 g/mol. The Morgan fingerprint density at radius 1 is 1.35 bits per heavy atom. The summed E-state index contributed by atoms with van der Waals surface area (Å²) in [7, 11) is 0. The van der Waals surface area contributed by atoms with Crippen molar-refractivity contribution in [3.63, 3.8) is 0 Å². The summed E-state index contributed by atoms with van der Waals surface area (Å²) < 4.78 is 12.2. The van der Waals surface area contributed by atoms with Gasteiger partial charge in [0.1, 0.15) is 11.4 Å². The molecule has 0 aliphatic carbocycles. The molecule has 1 aliphatic rings. The van der Waals surface area contributed by atoms with Crippen molar-refractivity contribution < 1.29 is 14.3 Å². The Morgan fingerprint density at radius 3 is 2.57 bits per heavy atom. The normalized spacial score (nSPS) is 16.3. The second-order valence-electron chi connectivity index (χ2n) is 6.80. The van der Waals surface area contributed by atoms with E-state index in [1.165, 1.54) is 0 Å². The first kappa shape index (κ1) is 18.4. The van der Waals surface area contributed by atoms with Crippen LogP contribution in [0, 0.1) is 5.92 Å². The zero-order valence-electron chi connectivity index (χ0n) is 13.8. The van der Waals surface area contributed by atoms with Crippen molar-refractivity contribution in [1.82, 2.24) is 4.90 Å². The molecule has 1 aromatic carbocycles. The highest BCUT2D eigenvalue weighted by Gasteiger charge is 2.27. The molecule has 0 aromatic heterocycles. The SMILES string of the molecule is CC(C)(C)OC(=O)N1CCC(COc2ccc(Br)cc2Cl)CC1. The third-order valence-electron chi connectivity index (χ3n) is 3.63. The van der Waals surface area contributed by atoms with Crippen molar-refractivity contribution in [2.75, 3.05) is 19.7 Å². The molecule has 0 spiro atoms. The van der Waals surface area contributed by atoms with Crippen molar-refractivity contribution in [2.45, 2.75) is 39.2 Å². The maximum absolute atomic E-state index is 12.0. The van der Waals surface area contributed by atoms with E-state index in [-0.39, 0.29) is 6.09 Å². The summed E-state index contributed by atoms with van der Waals surface area (Å²) in [5.74, 6) is 1.12. The summed E-state index contributed by atoms with van der Waals surface area (Å²) in [6, 6.07) is 5.59. The number of halogens is 2. The molecule has 1 saturated heterocycles. The lowest BCUT2D eigenvalue weighted by atomic mass is 9.98. The van der Waals surface area contributed by atoms with Gasteiger partial charge in [0, 0.05) is 17.6 Å². The lowest BCUT2D eigenvalue weighted by Crippen LogP contribution is -2.42. The van der Waals surface area contributed by atoms with Gasteiger partial charge < -0.3 is 14.4 Å². The van der Waals surface area contributed by atoms with E-state index in [1.807, 2.05) is 39.0 Å². The van der Waals surface area contributed by atoms with Crippen LogP contribution in [0.4, 0.5) is 4.79 Å². The number of hydrogen-bond acceptors (Lipinski definition) is 3. The lowest BCUT2D eigenvalue weighted by molar-refractivity contribution is 0.0165. The number of rotatable bonds is 3. The highest BCUT2D eigenvalue weighted by Crippen LogP contribution is 2.29. The molecule has 1 aromatic rings. The van der Waals surface area contributed by atoms with E-state index in [0.29, 0.717) is 36.4 Å². The molecule has 0 N–H and O–H groups in total. The molecule has 6 heteroatoms. The van der Waals surface area contributed by atoms with Gasteiger partial charge in [-0.05, 0) is 57.7 Å². The molecule has 4 nitrogen and oxygen atoms in total. The molecule has 1 aliphatic heterocycles. The van der Waals surface area contributed by atoms with Gasteiger partial charge in [-0.1, -0.05) is 27.5 Å². The topological polar surface area (TPSA) is 38.8 Å². The molecule has 23 heavy (non-hydrogen) atoms. The van der Waals surface area contributed by atoms with Gasteiger partial charge in [-0.25, -0.2) is 4.79 Å². The number of carbonyl (C=O) groups is 1. The molecule has 1 fully saturated rings. The highest BCUT2D eigenvalue weighted by molar-refractivity contribution is 9.10. The van der Waals surface area contributed by atoms with E-state index in [9.17, 15) is 4.79 Å². The van der Waals surface area contributed by atoms with E-state index in [0.717, 1.165) is 17.3 Å². The summed E-state index contributed by atoms with van der Waals surface area (Å²) in [6.07, 6.45) is 1.59. The van der Waals surface area contributed by atoms with Crippen LogP contribution in [0.5, 0.6) is 5.75 Å². The van der Waals surface area contributed by atoms with E-state index >= 15 is 0 Å². The first-order valence-electron chi connectivity index (χ1n) is 7.80. The fourth-order valence-electron chi connectivity index (χ4n) is 2.41.